The zero-order valence-electron chi connectivity index (χ0n) is 22.2. The van der Waals surface area contributed by atoms with Crippen LogP contribution in [0.25, 0.3) is 0 Å². The predicted molar refractivity (Wildman–Crippen MR) is 138 cm³/mol. The van der Waals surface area contributed by atoms with Crippen molar-refractivity contribution in [2.45, 2.75) is 71.4 Å². The van der Waals surface area contributed by atoms with Crippen molar-refractivity contribution in [1.82, 2.24) is 24.3 Å². The topological polar surface area (TPSA) is 137 Å². The maximum absolute atomic E-state index is 13.5. The van der Waals surface area contributed by atoms with Gasteiger partial charge in [0.2, 0.25) is 15.9 Å². The van der Waals surface area contributed by atoms with E-state index in [0.29, 0.717) is 17.8 Å². The first-order valence-electron chi connectivity index (χ1n) is 12.4. The summed E-state index contributed by atoms with van der Waals surface area (Å²) in [7, 11) is -3.89. The summed E-state index contributed by atoms with van der Waals surface area (Å²) in [5.74, 6) is -0.934. The number of aliphatic carboxylic acids is 1. The number of benzene rings is 1. The van der Waals surface area contributed by atoms with Crippen molar-refractivity contribution in [3.8, 4) is 5.88 Å². The summed E-state index contributed by atoms with van der Waals surface area (Å²) in [6, 6.07) is 8.55. The van der Waals surface area contributed by atoms with Crippen molar-refractivity contribution < 1.29 is 27.8 Å². The molecule has 1 aliphatic rings. The monoisotopic (exact) mass is 543 g/mol. The van der Waals surface area contributed by atoms with Gasteiger partial charge >= 0.3 is 5.97 Å². The maximum atomic E-state index is 13.5. The lowest BCUT2D eigenvalue weighted by Gasteiger charge is -2.31. The second-order valence-electron chi connectivity index (χ2n) is 10.0. The number of pyridine rings is 1. The van der Waals surface area contributed by atoms with Crippen molar-refractivity contribution in [3.63, 3.8) is 0 Å². The molecule has 2 atom stereocenters. The third-order valence-corrected chi connectivity index (χ3v) is 8.49. The molecule has 0 saturated heterocycles. The Labute approximate surface area is 222 Å². The number of hydrogen-bond donors (Lipinski definition) is 1. The number of carboxylic acids is 1. The highest BCUT2D eigenvalue weighted by atomic mass is 32.2. The smallest absolute Gasteiger partial charge is 0.312 e. The molecular weight excluding hydrogens is 510 g/mol. The minimum atomic E-state index is -3.89. The Balaban J connectivity index is 1.67. The summed E-state index contributed by atoms with van der Waals surface area (Å²) in [6.07, 6.45) is 2.00. The van der Waals surface area contributed by atoms with E-state index >= 15 is 0 Å². The van der Waals surface area contributed by atoms with Gasteiger partial charge in [-0.3, -0.25) is 9.48 Å². The van der Waals surface area contributed by atoms with E-state index in [0.717, 1.165) is 11.1 Å². The third kappa shape index (κ3) is 5.57. The van der Waals surface area contributed by atoms with E-state index in [1.807, 2.05) is 32.0 Å². The van der Waals surface area contributed by atoms with Gasteiger partial charge in [-0.1, -0.05) is 23.4 Å². The highest BCUT2D eigenvalue weighted by molar-refractivity contribution is 7.89. The molecule has 11 nitrogen and oxygen atoms in total. The van der Waals surface area contributed by atoms with Crippen molar-refractivity contribution in [2.24, 2.45) is 5.41 Å². The van der Waals surface area contributed by atoms with Gasteiger partial charge in [0.1, 0.15) is 16.7 Å². The molecule has 0 aliphatic carbocycles. The van der Waals surface area contributed by atoms with Gasteiger partial charge in [-0.15, -0.1) is 5.10 Å². The molecule has 2 aromatic heterocycles. The number of carboxylic acid groups (broad SMARTS) is 1. The number of aromatic nitrogens is 4. The summed E-state index contributed by atoms with van der Waals surface area (Å²) < 4.78 is 42.0. The maximum Gasteiger partial charge on any atom is 0.312 e. The first-order valence-corrected chi connectivity index (χ1v) is 13.8. The van der Waals surface area contributed by atoms with Gasteiger partial charge in [0.15, 0.2) is 0 Å². The molecule has 0 radical (unpaired) electrons. The average molecular weight is 544 g/mol. The molecule has 38 heavy (non-hydrogen) atoms. The highest BCUT2D eigenvalue weighted by Gasteiger charge is 2.40. The number of rotatable bonds is 9. The van der Waals surface area contributed by atoms with Crippen LogP contribution in [0.3, 0.4) is 0 Å². The summed E-state index contributed by atoms with van der Waals surface area (Å²) in [5.41, 5.74) is 1.53. The van der Waals surface area contributed by atoms with Crippen LogP contribution in [0.2, 0.25) is 0 Å². The summed E-state index contributed by atoms with van der Waals surface area (Å²) >= 11 is 0. The Morgan fingerprint density at radius 2 is 2.08 bits per heavy atom. The van der Waals surface area contributed by atoms with Crippen LogP contribution in [0, 0.1) is 12.3 Å². The standard InChI is InChI=1S/C26H33N5O6S/c1-6-30-15-21(28-29-30)16-36-23(26(4,5)25(32)33)19-10-9-17(2)20(12-19)14-31-13-18(3)37-24-22(38(31,34)35)8-7-11-27-24/h7-12,15,18,23H,6,13-14,16H2,1-5H3,(H,32,33)/t18-,23+/m1/s1. The van der Waals surface area contributed by atoms with E-state index in [4.69, 9.17) is 9.47 Å². The second kappa shape index (κ2) is 10.8. The average Bonchev–Trinajstić information content (AvgIpc) is 3.30. The van der Waals surface area contributed by atoms with Crippen LogP contribution >= 0.6 is 0 Å². The van der Waals surface area contributed by atoms with Gasteiger partial charge in [-0.05, 0) is 63.4 Å². The van der Waals surface area contributed by atoms with E-state index in [9.17, 15) is 18.3 Å². The van der Waals surface area contributed by atoms with Crippen LogP contribution in [-0.4, -0.2) is 56.4 Å². The fourth-order valence-electron chi connectivity index (χ4n) is 4.34. The number of nitrogens with zero attached hydrogens (tertiary/aromatic N) is 5. The first kappa shape index (κ1) is 27.7. The minimum absolute atomic E-state index is 0.0199. The number of ether oxygens (including phenoxy) is 2. The lowest BCUT2D eigenvalue weighted by atomic mass is 9.81. The van der Waals surface area contributed by atoms with Crippen molar-refractivity contribution >= 4 is 16.0 Å². The van der Waals surface area contributed by atoms with Gasteiger partial charge < -0.3 is 14.6 Å². The molecule has 1 aliphatic heterocycles. The van der Waals surface area contributed by atoms with Crippen LogP contribution in [0.4, 0.5) is 0 Å². The van der Waals surface area contributed by atoms with Gasteiger partial charge in [0.05, 0.1) is 30.9 Å². The van der Waals surface area contributed by atoms with E-state index < -0.39 is 33.6 Å². The fourth-order valence-corrected chi connectivity index (χ4v) is 5.90. The van der Waals surface area contributed by atoms with Crippen molar-refractivity contribution in [1.29, 1.82) is 0 Å². The largest absolute Gasteiger partial charge is 0.481 e. The number of fused-ring (bicyclic) bond motifs is 1. The SMILES string of the molecule is CCn1cc(CO[C@@H](c2ccc(C)c(CN3C[C@@H](C)Oc4ncccc4S3(=O)=O)c2)C(C)(C)C(=O)O)nn1. The number of sulfonamides is 1. The molecule has 0 spiro atoms. The summed E-state index contributed by atoms with van der Waals surface area (Å²) in [4.78, 5) is 16.3. The number of aryl methyl sites for hydroxylation is 2. The minimum Gasteiger partial charge on any atom is -0.481 e. The van der Waals surface area contributed by atoms with Gasteiger partial charge in [-0.25, -0.2) is 13.4 Å². The van der Waals surface area contributed by atoms with Gasteiger partial charge in [0.25, 0.3) is 0 Å². The molecule has 3 heterocycles. The quantitative estimate of drug-likeness (QED) is 0.431. The van der Waals surface area contributed by atoms with Crippen LogP contribution in [-0.2, 0) is 39.3 Å². The predicted octanol–water partition coefficient (Wildman–Crippen LogP) is 3.34. The molecular formula is C26H33N5O6S. The fraction of sp³-hybridized carbons (Fsp3) is 0.462. The Kier molecular flexibility index (Phi) is 7.86. The summed E-state index contributed by atoms with van der Waals surface area (Å²) in [6.45, 7) is 9.77. The van der Waals surface area contributed by atoms with Crippen LogP contribution in [0.1, 0.15) is 56.2 Å². The van der Waals surface area contributed by atoms with Crippen LogP contribution in [0.5, 0.6) is 5.88 Å². The Hall–Kier alpha value is -3.35. The Bertz CT molecular complexity index is 1420. The van der Waals surface area contributed by atoms with Gasteiger partial charge in [-0.2, -0.15) is 4.31 Å². The zero-order chi connectivity index (χ0) is 27.7. The molecule has 0 amide bonds. The van der Waals surface area contributed by atoms with E-state index in [2.05, 4.69) is 15.3 Å². The van der Waals surface area contributed by atoms with E-state index in [1.54, 1.807) is 37.7 Å². The van der Waals surface area contributed by atoms with E-state index in [1.165, 1.54) is 16.6 Å². The molecule has 0 saturated carbocycles. The first-order chi connectivity index (χ1) is 17.9. The zero-order valence-corrected chi connectivity index (χ0v) is 23.0. The second-order valence-corrected chi connectivity index (χ2v) is 11.9. The van der Waals surface area contributed by atoms with Crippen molar-refractivity contribution in [3.05, 3.63) is 65.1 Å². The Morgan fingerprint density at radius 1 is 1.32 bits per heavy atom. The molecule has 0 fully saturated rings. The highest BCUT2D eigenvalue weighted by Crippen LogP contribution is 2.39. The Morgan fingerprint density at radius 3 is 2.76 bits per heavy atom. The number of hydrogen-bond acceptors (Lipinski definition) is 8. The molecule has 0 unspecified atom stereocenters. The molecule has 0 bridgehead atoms. The third-order valence-electron chi connectivity index (χ3n) is 6.66. The molecule has 1 N–H and O–H groups in total. The lowest BCUT2D eigenvalue weighted by Crippen LogP contribution is -2.36. The van der Waals surface area contributed by atoms with E-state index in [-0.39, 0.29) is 30.5 Å². The van der Waals surface area contributed by atoms with Crippen LogP contribution < -0.4 is 4.74 Å². The normalized spacial score (nSPS) is 18.3. The molecule has 3 aromatic rings. The number of carbonyl (C=O) groups is 1. The lowest BCUT2D eigenvalue weighted by molar-refractivity contribution is -0.158. The summed E-state index contributed by atoms with van der Waals surface area (Å²) in [5, 5.41) is 18.1. The molecule has 204 valence electrons. The molecule has 4 rings (SSSR count). The molecule has 1 aromatic carbocycles. The van der Waals surface area contributed by atoms with Crippen molar-refractivity contribution in [2.75, 3.05) is 6.54 Å². The van der Waals surface area contributed by atoms with Crippen LogP contribution in [0.15, 0.2) is 47.6 Å². The molecule has 12 heteroatoms. The van der Waals surface area contributed by atoms with Gasteiger partial charge in [0, 0.05) is 19.3 Å².